The molecule has 0 rings (SSSR count). The van der Waals surface area contributed by atoms with Gasteiger partial charge in [0.2, 0.25) is 0 Å². The van der Waals surface area contributed by atoms with Crippen LogP contribution in [0.25, 0.3) is 0 Å². The van der Waals surface area contributed by atoms with Gasteiger partial charge in [-0.05, 0) is 0 Å². The van der Waals surface area contributed by atoms with Crippen molar-refractivity contribution in [2.24, 2.45) is 0 Å². The van der Waals surface area contributed by atoms with E-state index in [-0.39, 0.29) is 14.1 Å². The van der Waals surface area contributed by atoms with E-state index in [9.17, 15) is 74.6 Å². The molecule has 0 aliphatic carbocycles. The fourth-order valence-electron chi connectivity index (χ4n) is 2.07. The third kappa shape index (κ3) is 4.29. The smallest absolute Gasteiger partial charge is 0.373 e. The fraction of sp³-hybridized carbons (Fsp3) is 0.818. The lowest BCUT2D eigenvalue weighted by atomic mass is 9.78. The molecule has 0 aliphatic rings. The molecule has 0 saturated carbocycles. The average molecular weight is 475 g/mol. The van der Waals surface area contributed by atoms with Crippen molar-refractivity contribution in [2.45, 2.75) is 42.2 Å². The number of hydrogen-bond donors (Lipinski definition) is 0. The summed E-state index contributed by atoms with van der Waals surface area (Å²) >= 11 is 0. The Bertz CT molecular complexity index is 554. The summed E-state index contributed by atoms with van der Waals surface area (Å²) in [5, 5.41) is 0. The molecule has 0 aliphatic heterocycles. The predicted molar refractivity (Wildman–Crippen MR) is 58.7 cm³/mol. The van der Waals surface area contributed by atoms with Crippen molar-refractivity contribution in [3.63, 3.8) is 0 Å². The summed E-state index contributed by atoms with van der Waals surface area (Å²) in [7, 11) is -0.549. The molecule has 18 heteroatoms. The van der Waals surface area contributed by atoms with Crippen molar-refractivity contribution in [2.75, 3.05) is 14.1 Å². The van der Waals surface area contributed by atoms with E-state index in [1.54, 1.807) is 0 Å². The van der Waals surface area contributed by atoms with Gasteiger partial charge in [-0.1, -0.05) is 0 Å². The Kier molecular flexibility index (Phi) is 6.56. The molecule has 0 heterocycles. The highest BCUT2D eigenvalue weighted by Gasteiger charge is 2.87. The first-order valence-corrected chi connectivity index (χ1v) is 6.33. The zero-order valence-electron chi connectivity index (χ0n) is 13.4. The molecule has 0 N–H and O–H groups in total. The van der Waals surface area contributed by atoms with Gasteiger partial charge in [0.1, 0.15) is 5.70 Å². The molecule has 174 valence electrons. The van der Waals surface area contributed by atoms with E-state index in [4.69, 9.17) is 0 Å². The summed E-state index contributed by atoms with van der Waals surface area (Å²) in [6.07, 6.45) is -38.6. The quantitative estimate of drug-likeness (QED) is 0.451. The van der Waals surface area contributed by atoms with E-state index in [0.29, 0.717) is 0 Å². The van der Waals surface area contributed by atoms with Gasteiger partial charge >= 0.3 is 42.2 Å². The predicted octanol–water partition coefficient (Wildman–Crippen LogP) is 6.03. The maximum absolute atomic E-state index is 14.1. The Morgan fingerprint density at radius 3 is 0.759 bits per heavy atom. The number of hydrogen-bond acceptors (Lipinski definition) is 1. The van der Waals surface area contributed by atoms with E-state index in [1.807, 2.05) is 0 Å². The van der Waals surface area contributed by atoms with Crippen LogP contribution in [0.4, 0.5) is 74.6 Å². The van der Waals surface area contributed by atoms with Crippen LogP contribution in [0.1, 0.15) is 0 Å². The van der Waals surface area contributed by atoms with E-state index in [1.165, 1.54) is 0 Å². The molecule has 0 unspecified atom stereocenters. The van der Waals surface area contributed by atoms with E-state index in [2.05, 4.69) is 0 Å². The van der Waals surface area contributed by atoms with Crippen LogP contribution in [0.5, 0.6) is 0 Å². The molecule has 0 saturated heterocycles. The summed E-state index contributed by atoms with van der Waals surface area (Å²) in [5.41, 5.74) is -25.5. The van der Waals surface area contributed by atoms with Gasteiger partial charge in [0.25, 0.3) is 0 Å². The highest BCUT2D eigenvalue weighted by molar-refractivity contribution is 5.41. The summed E-state index contributed by atoms with van der Waals surface area (Å²) in [4.78, 5) is -1.19. The normalized spacial score (nSPS) is 15.4. The number of nitrogens with zero attached hydrogens (tertiary/aromatic N) is 1. The monoisotopic (exact) mass is 475 g/mol. The molecule has 0 fully saturated rings. The first kappa shape index (κ1) is 27.4. The molecule has 0 aromatic carbocycles. The minimum absolute atomic E-state index is 0.275. The Morgan fingerprint density at radius 2 is 0.655 bits per heavy atom. The van der Waals surface area contributed by atoms with Crippen LogP contribution in [0.3, 0.4) is 0 Å². The standard InChI is InChI=1S/C11H6F17N/c1-29(2)4(7(14,15)16)3(5(12,8(17,18)19)9(20,21)22)6(13,10(23,24)25)11(26,27)28/h1-2H3. The maximum Gasteiger partial charge on any atom is 0.435 e. The van der Waals surface area contributed by atoms with Crippen molar-refractivity contribution in [3.05, 3.63) is 11.3 Å². The zero-order chi connectivity index (χ0) is 24.2. The largest absolute Gasteiger partial charge is 0.435 e. The Labute approximate surface area is 148 Å². The van der Waals surface area contributed by atoms with Crippen LogP contribution in [-0.2, 0) is 0 Å². The second-order valence-electron chi connectivity index (χ2n) is 5.42. The number of rotatable bonds is 3. The molecule has 0 aromatic rings. The number of alkyl halides is 17. The van der Waals surface area contributed by atoms with E-state index >= 15 is 0 Å². The second-order valence-corrected chi connectivity index (χ2v) is 5.42. The lowest BCUT2D eigenvalue weighted by molar-refractivity contribution is -0.365. The highest BCUT2D eigenvalue weighted by atomic mass is 19.4. The van der Waals surface area contributed by atoms with Crippen LogP contribution in [-0.4, -0.2) is 61.2 Å². The number of halogens is 17. The van der Waals surface area contributed by atoms with Gasteiger partial charge < -0.3 is 4.90 Å². The summed E-state index contributed by atoms with van der Waals surface area (Å²) < 4.78 is 220. The third-order valence-corrected chi connectivity index (χ3v) is 3.20. The topological polar surface area (TPSA) is 3.24 Å². The molecular formula is C11H6F17N. The van der Waals surface area contributed by atoms with Crippen LogP contribution in [0.2, 0.25) is 0 Å². The van der Waals surface area contributed by atoms with E-state index in [0.717, 1.165) is 0 Å². The minimum Gasteiger partial charge on any atom is -0.373 e. The van der Waals surface area contributed by atoms with Crippen molar-refractivity contribution in [1.82, 2.24) is 4.90 Å². The molecule has 0 aromatic heterocycles. The lowest BCUT2D eigenvalue weighted by Crippen LogP contribution is -2.67. The molecular weight excluding hydrogens is 469 g/mol. The summed E-state index contributed by atoms with van der Waals surface area (Å²) in [6, 6.07) is 0. The Hall–Kier alpha value is -1.65. The first-order valence-electron chi connectivity index (χ1n) is 6.33. The van der Waals surface area contributed by atoms with Gasteiger partial charge in [0, 0.05) is 14.1 Å². The first-order chi connectivity index (χ1) is 12.2. The molecule has 0 atom stereocenters. The van der Waals surface area contributed by atoms with E-state index < -0.39 is 58.4 Å². The zero-order valence-corrected chi connectivity index (χ0v) is 13.4. The maximum atomic E-state index is 14.1. The number of allylic oxidation sites excluding steroid dienone is 2. The highest BCUT2D eigenvalue weighted by Crippen LogP contribution is 2.62. The lowest BCUT2D eigenvalue weighted by Gasteiger charge is -2.42. The third-order valence-electron chi connectivity index (χ3n) is 3.20. The fourth-order valence-corrected chi connectivity index (χ4v) is 2.07. The van der Waals surface area contributed by atoms with Gasteiger partial charge in [0.15, 0.2) is 0 Å². The van der Waals surface area contributed by atoms with Gasteiger partial charge in [-0.2, -0.15) is 65.9 Å². The van der Waals surface area contributed by atoms with Crippen molar-refractivity contribution < 1.29 is 74.6 Å². The summed E-state index contributed by atoms with van der Waals surface area (Å²) in [5.74, 6) is 0. The molecule has 29 heavy (non-hydrogen) atoms. The minimum atomic E-state index is -8.05. The second kappa shape index (κ2) is 6.95. The van der Waals surface area contributed by atoms with Crippen LogP contribution >= 0.6 is 0 Å². The molecule has 0 spiro atoms. The van der Waals surface area contributed by atoms with Crippen LogP contribution < -0.4 is 0 Å². The van der Waals surface area contributed by atoms with Gasteiger partial charge in [-0.25, -0.2) is 8.78 Å². The Morgan fingerprint density at radius 1 is 0.448 bits per heavy atom. The van der Waals surface area contributed by atoms with Crippen molar-refractivity contribution in [3.8, 4) is 0 Å². The molecule has 0 radical (unpaired) electrons. The van der Waals surface area contributed by atoms with Crippen molar-refractivity contribution >= 4 is 0 Å². The van der Waals surface area contributed by atoms with Gasteiger partial charge in [-0.15, -0.1) is 0 Å². The molecule has 0 amide bonds. The van der Waals surface area contributed by atoms with Crippen LogP contribution in [0.15, 0.2) is 11.3 Å². The summed E-state index contributed by atoms with van der Waals surface area (Å²) in [6.45, 7) is 0. The van der Waals surface area contributed by atoms with Gasteiger partial charge in [-0.3, -0.25) is 0 Å². The average Bonchev–Trinajstić information content (AvgIpc) is 2.35. The SMILES string of the molecule is CN(C)C(=C(C(F)(C(F)(F)F)C(F)(F)F)C(F)(C(F)(F)F)C(F)(F)F)C(F)(F)F. The van der Waals surface area contributed by atoms with Gasteiger partial charge in [0.05, 0.1) is 5.57 Å². The molecule has 1 nitrogen and oxygen atoms in total. The Balaban J connectivity index is 8.24. The van der Waals surface area contributed by atoms with Crippen molar-refractivity contribution in [1.29, 1.82) is 0 Å². The van der Waals surface area contributed by atoms with Crippen LogP contribution in [0, 0.1) is 0 Å². The molecule has 0 bridgehead atoms.